The van der Waals surface area contributed by atoms with Gasteiger partial charge in [-0.1, -0.05) is 5.57 Å². The Morgan fingerprint density at radius 2 is 1.27 bits per heavy atom. The number of hydrogen-bond donors (Lipinski definition) is 6. The summed E-state index contributed by atoms with van der Waals surface area (Å²) in [6.45, 7) is 4.22. The van der Waals surface area contributed by atoms with Gasteiger partial charge in [-0.05, 0) is 94.1 Å². The number of esters is 1. The summed E-state index contributed by atoms with van der Waals surface area (Å²) < 4.78 is 42.2. The molecule has 49 heavy (non-hydrogen) atoms. The minimum absolute atomic E-state index is 0.0264. The van der Waals surface area contributed by atoms with Gasteiger partial charge in [-0.25, -0.2) is 13.2 Å². The van der Waals surface area contributed by atoms with Gasteiger partial charge < -0.3 is 47.8 Å². The average molecular weight is 703 g/mol. The maximum atomic E-state index is 13.2. The van der Waals surface area contributed by atoms with Gasteiger partial charge in [-0.3, -0.25) is 19.6 Å². The average Bonchev–Trinajstić information content (AvgIpc) is 3.06. The Kier molecular flexibility index (Phi) is 16.4. The first-order valence-electron chi connectivity index (χ1n) is 15.4. The minimum Gasteiger partial charge on any atom is -0.490 e. The molecule has 0 heterocycles. The zero-order valence-corrected chi connectivity index (χ0v) is 28.7. The Hall–Kier alpha value is -5.32. The predicted molar refractivity (Wildman–Crippen MR) is 184 cm³/mol. The largest absolute Gasteiger partial charge is 0.490 e. The summed E-state index contributed by atoms with van der Waals surface area (Å²) in [4.78, 5) is 46.2. The topological polar surface area (TPSA) is 266 Å². The second-order valence-corrected chi connectivity index (χ2v) is 12.9. The number of amides is 2. The van der Waals surface area contributed by atoms with Crippen LogP contribution in [0.5, 0.6) is 11.5 Å². The van der Waals surface area contributed by atoms with Crippen LogP contribution in [0, 0.1) is 0 Å². The molecule has 0 bridgehead atoms. The summed E-state index contributed by atoms with van der Waals surface area (Å²) in [6.07, 6.45) is 2.91. The molecule has 2 atom stereocenters. The molecule has 0 saturated carbocycles. The lowest BCUT2D eigenvalue weighted by Gasteiger charge is -2.22. The number of sulfone groups is 1. The number of rotatable bonds is 20. The van der Waals surface area contributed by atoms with Crippen molar-refractivity contribution in [3.8, 4) is 11.5 Å². The van der Waals surface area contributed by atoms with Crippen molar-refractivity contribution in [1.29, 1.82) is 0 Å². The van der Waals surface area contributed by atoms with Crippen LogP contribution in [0.25, 0.3) is 0 Å². The van der Waals surface area contributed by atoms with Crippen LogP contribution < -0.4 is 43.0 Å². The summed E-state index contributed by atoms with van der Waals surface area (Å²) in [5.74, 6) is -1.44. The zero-order valence-electron chi connectivity index (χ0n) is 27.9. The number of hydrogen-bond acceptors (Lipinski definition) is 10. The van der Waals surface area contributed by atoms with Crippen molar-refractivity contribution in [2.24, 2.45) is 32.9 Å². The molecule has 17 heteroatoms. The molecule has 2 aromatic rings. The summed E-state index contributed by atoms with van der Waals surface area (Å²) >= 11 is 0. The van der Waals surface area contributed by atoms with Crippen LogP contribution in [0.3, 0.4) is 0 Å². The Morgan fingerprint density at radius 3 is 1.73 bits per heavy atom. The molecule has 2 rings (SSSR count). The number of methoxy groups -OCH3 is 1. The lowest BCUT2D eigenvalue weighted by Crippen LogP contribution is -2.52. The van der Waals surface area contributed by atoms with E-state index < -0.39 is 46.3 Å². The molecular weight excluding hydrogens is 656 g/mol. The lowest BCUT2D eigenvalue weighted by molar-refractivity contribution is -0.145. The van der Waals surface area contributed by atoms with E-state index in [1.54, 1.807) is 12.1 Å². The van der Waals surface area contributed by atoms with Crippen LogP contribution in [0.1, 0.15) is 39.5 Å². The van der Waals surface area contributed by atoms with E-state index in [0.29, 0.717) is 25.2 Å². The van der Waals surface area contributed by atoms with Gasteiger partial charge in [0.1, 0.15) is 30.2 Å². The summed E-state index contributed by atoms with van der Waals surface area (Å²) in [5.41, 5.74) is 22.5. The van der Waals surface area contributed by atoms with Crippen LogP contribution in [0.2, 0.25) is 0 Å². The van der Waals surface area contributed by atoms with E-state index in [1.807, 2.05) is 19.9 Å². The molecule has 0 unspecified atom stereocenters. The molecule has 0 aliphatic carbocycles. The maximum absolute atomic E-state index is 13.2. The van der Waals surface area contributed by atoms with E-state index in [2.05, 4.69) is 20.6 Å². The molecule has 0 fully saturated rings. The number of nitrogens with zero attached hydrogens (tertiary/aromatic N) is 2. The van der Waals surface area contributed by atoms with Gasteiger partial charge in [0.25, 0.3) is 5.91 Å². The van der Waals surface area contributed by atoms with E-state index in [4.69, 9.17) is 37.1 Å². The predicted octanol–water partition coefficient (Wildman–Crippen LogP) is 0.493. The minimum atomic E-state index is -3.83. The Bertz CT molecular complexity index is 1580. The van der Waals surface area contributed by atoms with Crippen LogP contribution in [0.4, 0.5) is 0 Å². The fourth-order valence-corrected chi connectivity index (χ4v) is 5.46. The van der Waals surface area contributed by atoms with Crippen molar-refractivity contribution in [3.63, 3.8) is 0 Å². The first-order valence-corrected chi connectivity index (χ1v) is 16.8. The number of carbonyl (C=O) groups excluding carboxylic acids is 3. The van der Waals surface area contributed by atoms with E-state index in [1.165, 1.54) is 43.5 Å². The third-order valence-electron chi connectivity index (χ3n) is 6.72. The third-order valence-corrected chi connectivity index (χ3v) is 8.51. The van der Waals surface area contributed by atoms with E-state index in [9.17, 15) is 22.8 Å². The lowest BCUT2D eigenvalue weighted by atomic mass is 10.1. The smallest absolute Gasteiger partial charge is 0.328 e. The summed E-state index contributed by atoms with van der Waals surface area (Å²) in [7, 11) is -2.64. The maximum Gasteiger partial charge on any atom is 0.328 e. The normalized spacial score (nSPS) is 12.0. The highest BCUT2D eigenvalue weighted by Gasteiger charge is 2.27. The van der Waals surface area contributed by atoms with Gasteiger partial charge in [-0.15, -0.1) is 0 Å². The van der Waals surface area contributed by atoms with Crippen molar-refractivity contribution in [1.82, 2.24) is 10.6 Å². The number of carbonyl (C=O) groups is 3. The molecule has 268 valence electrons. The van der Waals surface area contributed by atoms with Crippen molar-refractivity contribution >= 4 is 39.5 Å². The monoisotopic (exact) mass is 702 g/mol. The quantitative estimate of drug-likeness (QED) is 0.0362. The number of nitrogens with two attached hydrogens (primary N) is 4. The van der Waals surface area contributed by atoms with E-state index >= 15 is 0 Å². The molecule has 10 N–H and O–H groups in total. The molecule has 0 radical (unpaired) electrons. The van der Waals surface area contributed by atoms with Crippen LogP contribution in [-0.2, 0) is 29.0 Å². The molecule has 0 aromatic heterocycles. The number of ether oxygens (including phenoxy) is 3. The van der Waals surface area contributed by atoms with Gasteiger partial charge in [-0.2, -0.15) is 0 Å². The zero-order chi connectivity index (χ0) is 36.4. The van der Waals surface area contributed by atoms with Crippen LogP contribution >= 0.6 is 0 Å². The second kappa shape index (κ2) is 20.1. The standard InChI is InChI=1S/C32H46N8O8S/c1-21(2)16-19-47-22-8-12-24(13-9-22)49(44,45)25-14-10-23(11-15-25)48-20-28(41)39-26(6-4-17-37-31(33)34)29(42)40-27(30(43)46-3)7-5-18-38-32(35)36/h8-16,26-27H,4-7,17-20H2,1-3H3,(H,39,41)(H,40,42)(H4,33,34,37)(H4,35,36,38)/t26-,27-/m0/s1. The van der Waals surface area contributed by atoms with Gasteiger partial charge in [0.05, 0.1) is 16.9 Å². The number of allylic oxidation sites excluding steroid dienone is 1. The molecular formula is C32H46N8O8S. The highest BCUT2D eigenvalue weighted by molar-refractivity contribution is 7.91. The third kappa shape index (κ3) is 14.5. The molecule has 0 spiro atoms. The number of benzene rings is 2. The molecule has 2 amide bonds. The molecule has 0 aliphatic rings. The number of nitrogens with one attached hydrogen (secondary N) is 2. The number of aliphatic imine (C=N–C) groups is 2. The van der Waals surface area contributed by atoms with Gasteiger partial charge in [0.2, 0.25) is 15.7 Å². The second-order valence-electron chi connectivity index (χ2n) is 10.9. The van der Waals surface area contributed by atoms with Gasteiger partial charge in [0.15, 0.2) is 18.5 Å². The van der Waals surface area contributed by atoms with Crippen molar-refractivity contribution in [2.45, 2.75) is 61.4 Å². The Balaban J connectivity index is 2.05. The fourth-order valence-electron chi connectivity index (χ4n) is 4.20. The van der Waals surface area contributed by atoms with Crippen LogP contribution in [0.15, 0.2) is 80.0 Å². The highest BCUT2D eigenvalue weighted by atomic mass is 32.2. The molecule has 2 aromatic carbocycles. The first kappa shape index (κ1) is 39.9. The Morgan fingerprint density at radius 1 is 0.776 bits per heavy atom. The van der Waals surface area contributed by atoms with Crippen molar-refractivity contribution < 1.29 is 37.0 Å². The first-order chi connectivity index (χ1) is 23.2. The molecule has 0 aliphatic heterocycles. The van der Waals surface area contributed by atoms with Crippen LogP contribution in [-0.4, -0.2) is 83.6 Å². The van der Waals surface area contributed by atoms with Crippen molar-refractivity contribution in [2.75, 3.05) is 33.4 Å². The van der Waals surface area contributed by atoms with E-state index in [0.717, 1.165) is 5.57 Å². The summed E-state index contributed by atoms with van der Waals surface area (Å²) in [5, 5.41) is 5.20. The SMILES string of the molecule is COC(=O)[C@H](CCCN=C(N)N)NC(=O)[C@H](CCCN=C(N)N)NC(=O)COc1ccc(S(=O)(=O)c2ccc(OCC=C(C)C)cc2)cc1. The molecule has 16 nitrogen and oxygen atoms in total. The highest BCUT2D eigenvalue weighted by Crippen LogP contribution is 2.25. The fraction of sp³-hybridized carbons (Fsp3) is 0.406. The van der Waals surface area contributed by atoms with Crippen molar-refractivity contribution in [3.05, 3.63) is 60.2 Å². The van der Waals surface area contributed by atoms with Gasteiger partial charge in [0, 0.05) is 13.1 Å². The summed E-state index contributed by atoms with van der Waals surface area (Å²) in [6, 6.07) is 9.56. The van der Waals surface area contributed by atoms with Gasteiger partial charge >= 0.3 is 5.97 Å². The molecule has 0 saturated heterocycles. The number of guanidine groups is 2. The van der Waals surface area contributed by atoms with E-state index in [-0.39, 0.29) is 53.4 Å². The Labute approximate surface area is 286 Å².